The van der Waals surface area contributed by atoms with E-state index in [-0.39, 0.29) is 35.4 Å². The Balaban J connectivity index is 2.71. The number of hydrogen-bond acceptors (Lipinski definition) is 9. The highest BCUT2D eigenvalue weighted by Crippen LogP contribution is 2.14. The Bertz CT molecular complexity index is 612. The number of rotatable bonds is 5. The van der Waals surface area contributed by atoms with Gasteiger partial charge in [-0.25, -0.2) is 9.97 Å². The fourth-order valence-corrected chi connectivity index (χ4v) is 1.14. The van der Waals surface area contributed by atoms with Crippen LogP contribution < -0.4 is 11.2 Å². The monoisotopic (exact) mass is 273 g/mol. The summed E-state index contributed by atoms with van der Waals surface area (Å²) in [5, 5.41) is 21.4. The van der Waals surface area contributed by atoms with Gasteiger partial charge in [0.2, 0.25) is 0 Å². The number of nitrogens with one attached hydrogen (secondary N) is 1. The zero-order valence-electron chi connectivity index (χ0n) is 10.6. The molecular weight excluding hydrogens is 262 g/mol. The Hall–Kier alpha value is -3.20. The van der Waals surface area contributed by atoms with E-state index in [0.29, 0.717) is 6.42 Å². The van der Waals surface area contributed by atoms with E-state index in [9.17, 15) is 4.79 Å². The Kier molecular flexibility index (Phi) is 5.41. The second-order valence-electron chi connectivity index (χ2n) is 3.42. The molecule has 0 aliphatic rings. The van der Waals surface area contributed by atoms with Crippen LogP contribution in [0, 0.1) is 22.7 Å². The fraction of sp³-hybridized carbons (Fsp3) is 0.273. The van der Waals surface area contributed by atoms with Crippen LogP contribution in [0.1, 0.15) is 24.2 Å². The molecule has 0 aliphatic carbocycles. The minimum absolute atomic E-state index is 0.0401. The van der Waals surface area contributed by atoms with Crippen molar-refractivity contribution >= 4 is 23.8 Å². The van der Waals surface area contributed by atoms with Gasteiger partial charge in [0.1, 0.15) is 12.1 Å². The number of methoxy groups -OCH3 is 1. The van der Waals surface area contributed by atoms with Crippen molar-refractivity contribution in [3.05, 3.63) is 11.4 Å². The van der Waals surface area contributed by atoms with Crippen molar-refractivity contribution in [2.24, 2.45) is 5.10 Å². The van der Waals surface area contributed by atoms with Crippen LogP contribution in [0.5, 0.6) is 0 Å². The van der Waals surface area contributed by atoms with Gasteiger partial charge in [0.05, 0.1) is 13.5 Å². The summed E-state index contributed by atoms with van der Waals surface area (Å²) in [6.45, 7) is 0. The van der Waals surface area contributed by atoms with Gasteiger partial charge in [0.15, 0.2) is 23.0 Å². The van der Waals surface area contributed by atoms with Gasteiger partial charge in [-0.2, -0.15) is 15.6 Å². The molecule has 0 aliphatic heterocycles. The molecule has 0 aromatic carbocycles. The Morgan fingerprint density at radius 1 is 1.45 bits per heavy atom. The van der Waals surface area contributed by atoms with Crippen LogP contribution in [-0.4, -0.2) is 29.3 Å². The molecule has 0 radical (unpaired) electrons. The van der Waals surface area contributed by atoms with E-state index in [1.54, 1.807) is 12.1 Å². The zero-order chi connectivity index (χ0) is 15.0. The topological polar surface area (TPSA) is 150 Å². The van der Waals surface area contributed by atoms with Gasteiger partial charge in [-0.15, -0.1) is 0 Å². The molecule has 0 bridgehead atoms. The van der Waals surface area contributed by atoms with Crippen LogP contribution in [0.4, 0.5) is 11.6 Å². The molecule has 0 spiro atoms. The first kappa shape index (κ1) is 14.9. The number of hydrogen-bond donors (Lipinski definition) is 2. The summed E-state index contributed by atoms with van der Waals surface area (Å²) in [6, 6.07) is 3.50. The second-order valence-corrected chi connectivity index (χ2v) is 3.42. The predicted molar refractivity (Wildman–Crippen MR) is 69.2 cm³/mol. The largest absolute Gasteiger partial charge is 0.469 e. The predicted octanol–water partition coefficient (Wildman–Crippen LogP) is 0.153. The number of nitrogens with zero attached hydrogens (tertiary/aromatic N) is 5. The van der Waals surface area contributed by atoms with E-state index >= 15 is 0 Å². The van der Waals surface area contributed by atoms with Crippen LogP contribution in [0.3, 0.4) is 0 Å². The van der Waals surface area contributed by atoms with E-state index in [4.69, 9.17) is 16.3 Å². The molecule has 1 heterocycles. The average molecular weight is 273 g/mol. The number of nitrogen functional groups attached to an aromatic ring is 1. The normalized spacial score (nSPS) is 9.75. The highest BCUT2D eigenvalue weighted by Gasteiger charge is 2.10. The third kappa shape index (κ3) is 3.92. The van der Waals surface area contributed by atoms with Crippen molar-refractivity contribution in [2.45, 2.75) is 12.8 Å². The van der Waals surface area contributed by atoms with Crippen LogP contribution in [-0.2, 0) is 9.53 Å². The first-order valence-corrected chi connectivity index (χ1v) is 5.44. The van der Waals surface area contributed by atoms with Crippen LogP contribution >= 0.6 is 0 Å². The lowest BCUT2D eigenvalue weighted by molar-refractivity contribution is -0.140. The van der Waals surface area contributed by atoms with Gasteiger partial charge in [-0.3, -0.25) is 10.2 Å². The summed E-state index contributed by atoms with van der Waals surface area (Å²) < 4.78 is 4.46. The third-order valence-electron chi connectivity index (χ3n) is 2.10. The number of ether oxygens (including phenoxy) is 1. The van der Waals surface area contributed by atoms with E-state index in [1.807, 2.05) is 0 Å². The Morgan fingerprint density at radius 3 is 2.75 bits per heavy atom. The van der Waals surface area contributed by atoms with Gasteiger partial charge in [0.25, 0.3) is 0 Å². The van der Waals surface area contributed by atoms with Gasteiger partial charge in [-0.05, 0) is 6.42 Å². The smallest absolute Gasteiger partial charge is 0.305 e. The van der Waals surface area contributed by atoms with E-state index in [1.165, 1.54) is 13.3 Å². The number of hydrazone groups is 1. The third-order valence-corrected chi connectivity index (χ3v) is 2.10. The maximum Gasteiger partial charge on any atom is 0.305 e. The summed E-state index contributed by atoms with van der Waals surface area (Å²) >= 11 is 0. The standard InChI is InChI=1S/C11H11N7O2/c1-20-9(19)3-2-4-15-18-11-8(6-13)16-7(5-12)10(14)17-11/h4H,2-3H2,1H3,(H3,14,17,18)/b15-4+. The SMILES string of the molecule is COC(=O)CC/C=N/Nc1nc(N)c(C#N)nc1C#N. The minimum atomic E-state index is -0.350. The summed E-state index contributed by atoms with van der Waals surface area (Å²) in [5.74, 6) is -0.409. The van der Waals surface area contributed by atoms with E-state index < -0.39 is 0 Å². The molecule has 0 saturated carbocycles. The summed E-state index contributed by atoms with van der Waals surface area (Å²) in [7, 11) is 1.30. The Morgan fingerprint density at radius 2 is 2.15 bits per heavy atom. The molecule has 3 N–H and O–H groups in total. The number of nitriles is 2. The molecule has 1 aromatic rings. The highest BCUT2D eigenvalue weighted by molar-refractivity contribution is 5.73. The molecule has 9 nitrogen and oxygen atoms in total. The van der Waals surface area contributed by atoms with Gasteiger partial charge in [-0.1, -0.05) is 0 Å². The highest BCUT2D eigenvalue weighted by atomic mass is 16.5. The first-order valence-electron chi connectivity index (χ1n) is 5.44. The van der Waals surface area contributed by atoms with Crippen molar-refractivity contribution in [3.63, 3.8) is 0 Å². The molecule has 1 rings (SSSR count). The lowest BCUT2D eigenvalue weighted by Crippen LogP contribution is -2.06. The molecule has 1 aromatic heterocycles. The lowest BCUT2D eigenvalue weighted by atomic mass is 10.3. The molecule has 0 fully saturated rings. The number of carbonyl (C=O) groups is 1. The number of esters is 1. The lowest BCUT2D eigenvalue weighted by Gasteiger charge is -2.03. The van der Waals surface area contributed by atoms with Gasteiger partial charge >= 0.3 is 5.97 Å². The maximum atomic E-state index is 10.8. The first-order chi connectivity index (χ1) is 9.62. The van der Waals surface area contributed by atoms with Crippen LogP contribution in [0.25, 0.3) is 0 Å². The molecule has 102 valence electrons. The molecule has 0 amide bonds. The molecule has 9 heteroatoms. The average Bonchev–Trinajstić information content (AvgIpc) is 2.46. The maximum absolute atomic E-state index is 10.8. The zero-order valence-corrected chi connectivity index (χ0v) is 10.6. The van der Waals surface area contributed by atoms with Crippen molar-refractivity contribution in [1.82, 2.24) is 9.97 Å². The van der Waals surface area contributed by atoms with E-state index in [0.717, 1.165) is 0 Å². The minimum Gasteiger partial charge on any atom is -0.469 e. The number of anilines is 2. The molecule has 0 saturated heterocycles. The quantitative estimate of drug-likeness (QED) is 0.437. The van der Waals surface area contributed by atoms with E-state index in [2.05, 4.69) is 25.2 Å². The van der Waals surface area contributed by atoms with Crippen molar-refractivity contribution < 1.29 is 9.53 Å². The number of carbonyl (C=O) groups excluding carboxylic acids is 1. The number of aromatic nitrogens is 2. The fourth-order valence-electron chi connectivity index (χ4n) is 1.14. The molecule has 20 heavy (non-hydrogen) atoms. The summed E-state index contributed by atoms with van der Waals surface area (Å²) in [5.41, 5.74) is 7.75. The van der Waals surface area contributed by atoms with Crippen LogP contribution in [0.15, 0.2) is 5.10 Å². The van der Waals surface area contributed by atoms with Crippen molar-refractivity contribution in [3.8, 4) is 12.1 Å². The van der Waals surface area contributed by atoms with Crippen molar-refractivity contribution in [1.29, 1.82) is 10.5 Å². The van der Waals surface area contributed by atoms with Gasteiger partial charge in [0, 0.05) is 6.21 Å². The summed E-state index contributed by atoms with van der Waals surface area (Å²) in [6.07, 6.45) is 1.98. The van der Waals surface area contributed by atoms with Gasteiger partial charge < -0.3 is 10.5 Å². The van der Waals surface area contributed by atoms with Crippen LogP contribution in [0.2, 0.25) is 0 Å². The molecule has 0 unspecified atom stereocenters. The Labute approximate surface area is 114 Å². The molecule has 0 atom stereocenters. The van der Waals surface area contributed by atoms with Crippen molar-refractivity contribution in [2.75, 3.05) is 18.3 Å². The second kappa shape index (κ2) is 7.28. The number of nitrogens with two attached hydrogens (primary N) is 1. The summed E-state index contributed by atoms with van der Waals surface area (Å²) in [4.78, 5) is 18.4. The molecular formula is C11H11N7O2.